The van der Waals surface area contributed by atoms with Crippen LogP contribution in [0.25, 0.3) is 0 Å². The van der Waals surface area contributed by atoms with Crippen LogP contribution in [0.15, 0.2) is 51.8 Å². The predicted molar refractivity (Wildman–Crippen MR) is 82.5 cm³/mol. The van der Waals surface area contributed by atoms with Crippen LogP contribution in [0.1, 0.15) is 11.1 Å². The highest BCUT2D eigenvalue weighted by molar-refractivity contribution is 9.10. The minimum atomic E-state index is -3.82. The third kappa shape index (κ3) is 4.10. The Morgan fingerprint density at radius 3 is 2.43 bits per heavy atom. The summed E-state index contributed by atoms with van der Waals surface area (Å²) in [7, 11) is -3.82. The van der Waals surface area contributed by atoms with Gasteiger partial charge in [0, 0.05) is 17.6 Å². The van der Waals surface area contributed by atoms with Gasteiger partial charge in [0.05, 0.1) is 4.90 Å². The summed E-state index contributed by atoms with van der Waals surface area (Å²) in [5.74, 6) is -0.615. The van der Waals surface area contributed by atoms with Gasteiger partial charge in [-0.15, -0.1) is 0 Å². The van der Waals surface area contributed by atoms with Gasteiger partial charge < -0.3 is 5.73 Å². The van der Waals surface area contributed by atoms with Crippen LogP contribution in [0.4, 0.5) is 4.39 Å². The summed E-state index contributed by atoms with van der Waals surface area (Å²) < 4.78 is 41.2. The van der Waals surface area contributed by atoms with E-state index in [2.05, 4.69) is 20.7 Å². The maximum atomic E-state index is 13.3. The molecule has 2 aromatic carbocycles. The Morgan fingerprint density at radius 1 is 1.14 bits per heavy atom. The van der Waals surface area contributed by atoms with Crippen molar-refractivity contribution >= 4 is 26.0 Å². The van der Waals surface area contributed by atoms with Crippen molar-refractivity contribution in [1.29, 1.82) is 0 Å². The van der Waals surface area contributed by atoms with Crippen molar-refractivity contribution in [3.05, 3.63) is 63.9 Å². The summed E-state index contributed by atoms with van der Waals surface area (Å²) in [4.78, 5) is -0.123. The summed E-state index contributed by atoms with van der Waals surface area (Å²) in [6, 6.07) is 10.8. The lowest BCUT2D eigenvalue weighted by Gasteiger charge is -2.11. The van der Waals surface area contributed by atoms with E-state index in [1.54, 1.807) is 12.1 Å². The van der Waals surface area contributed by atoms with E-state index in [-0.39, 0.29) is 18.0 Å². The molecule has 0 heterocycles. The minimum Gasteiger partial charge on any atom is -0.326 e. The van der Waals surface area contributed by atoms with E-state index in [1.807, 2.05) is 12.1 Å². The molecular weight excluding hydrogens is 359 g/mol. The number of hydrogen-bond acceptors (Lipinski definition) is 3. The van der Waals surface area contributed by atoms with Gasteiger partial charge in [-0.25, -0.2) is 17.5 Å². The SMILES string of the molecule is NCc1ccc(F)cc1S(=O)(=O)NCc1ccc(Br)cc1. The van der Waals surface area contributed by atoms with Crippen molar-refractivity contribution in [1.82, 2.24) is 4.72 Å². The topological polar surface area (TPSA) is 72.2 Å². The Hall–Kier alpha value is -1.28. The first-order chi connectivity index (χ1) is 9.92. The van der Waals surface area contributed by atoms with Gasteiger partial charge in [-0.2, -0.15) is 0 Å². The highest BCUT2D eigenvalue weighted by Gasteiger charge is 2.18. The number of hydrogen-bond donors (Lipinski definition) is 2. The number of sulfonamides is 1. The average molecular weight is 373 g/mol. The molecule has 0 unspecified atom stereocenters. The maximum absolute atomic E-state index is 13.3. The molecule has 0 bridgehead atoms. The lowest BCUT2D eigenvalue weighted by Crippen LogP contribution is -2.25. The number of benzene rings is 2. The zero-order valence-corrected chi connectivity index (χ0v) is 13.4. The lowest BCUT2D eigenvalue weighted by molar-refractivity contribution is 0.575. The van der Waals surface area contributed by atoms with Gasteiger partial charge >= 0.3 is 0 Å². The molecule has 0 aromatic heterocycles. The third-order valence-electron chi connectivity index (χ3n) is 2.92. The Kier molecular flexibility index (Phi) is 5.10. The van der Waals surface area contributed by atoms with E-state index >= 15 is 0 Å². The van der Waals surface area contributed by atoms with Gasteiger partial charge in [0.2, 0.25) is 10.0 Å². The summed E-state index contributed by atoms with van der Waals surface area (Å²) in [6.07, 6.45) is 0. The van der Waals surface area contributed by atoms with E-state index in [9.17, 15) is 12.8 Å². The Balaban J connectivity index is 2.22. The number of nitrogens with one attached hydrogen (secondary N) is 1. The molecule has 4 nitrogen and oxygen atoms in total. The molecule has 0 atom stereocenters. The molecule has 0 aliphatic carbocycles. The third-order valence-corrected chi connectivity index (χ3v) is 4.93. The highest BCUT2D eigenvalue weighted by atomic mass is 79.9. The van der Waals surface area contributed by atoms with Gasteiger partial charge in [0.25, 0.3) is 0 Å². The zero-order chi connectivity index (χ0) is 15.5. The molecule has 112 valence electrons. The molecule has 0 spiro atoms. The van der Waals surface area contributed by atoms with Crippen LogP contribution in [0, 0.1) is 5.82 Å². The molecule has 3 N–H and O–H groups in total. The van der Waals surface area contributed by atoms with Gasteiger partial charge in [-0.3, -0.25) is 0 Å². The summed E-state index contributed by atoms with van der Waals surface area (Å²) in [6.45, 7) is 0.144. The monoisotopic (exact) mass is 372 g/mol. The zero-order valence-electron chi connectivity index (χ0n) is 11.0. The number of nitrogens with two attached hydrogens (primary N) is 1. The van der Waals surface area contributed by atoms with Gasteiger partial charge in [-0.05, 0) is 35.4 Å². The fraction of sp³-hybridized carbons (Fsp3) is 0.143. The van der Waals surface area contributed by atoms with Crippen LogP contribution in [0.2, 0.25) is 0 Å². The first-order valence-corrected chi connectivity index (χ1v) is 8.42. The normalized spacial score (nSPS) is 11.6. The Bertz CT molecular complexity index is 733. The van der Waals surface area contributed by atoms with Gasteiger partial charge in [-0.1, -0.05) is 34.1 Å². The number of rotatable bonds is 5. The van der Waals surface area contributed by atoms with Crippen LogP contribution in [-0.4, -0.2) is 8.42 Å². The molecule has 21 heavy (non-hydrogen) atoms. The lowest BCUT2D eigenvalue weighted by atomic mass is 10.2. The molecular formula is C14H14BrFN2O2S. The fourth-order valence-electron chi connectivity index (χ4n) is 1.81. The molecule has 2 aromatic rings. The first-order valence-electron chi connectivity index (χ1n) is 6.15. The molecule has 0 radical (unpaired) electrons. The predicted octanol–water partition coefficient (Wildman–Crippen LogP) is 2.53. The summed E-state index contributed by atoms with van der Waals surface area (Å²) in [5, 5.41) is 0. The largest absolute Gasteiger partial charge is 0.326 e. The second kappa shape index (κ2) is 6.65. The number of halogens is 2. The van der Waals surface area contributed by atoms with E-state index < -0.39 is 15.8 Å². The quantitative estimate of drug-likeness (QED) is 0.846. The summed E-state index contributed by atoms with van der Waals surface area (Å²) in [5.41, 5.74) is 6.67. The van der Waals surface area contributed by atoms with Crippen LogP contribution >= 0.6 is 15.9 Å². The highest BCUT2D eigenvalue weighted by Crippen LogP contribution is 2.17. The Labute approximate surface area is 131 Å². The van der Waals surface area contributed by atoms with Crippen molar-refractivity contribution < 1.29 is 12.8 Å². The molecule has 0 saturated carbocycles. The minimum absolute atomic E-state index is 0.0226. The second-order valence-electron chi connectivity index (χ2n) is 4.41. The van der Waals surface area contributed by atoms with Crippen LogP contribution in [0.5, 0.6) is 0 Å². The molecule has 0 amide bonds. The van der Waals surface area contributed by atoms with Gasteiger partial charge in [0.1, 0.15) is 5.82 Å². The summed E-state index contributed by atoms with van der Waals surface area (Å²) >= 11 is 3.31. The van der Waals surface area contributed by atoms with E-state index in [4.69, 9.17) is 5.73 Å². The molecule has 7 heteroatoms. The van der Waals surface area contributed by atoms with Gasteiger partial charge in [0.15, 0.2) is 0 Å². The smallest absolute Gasteiger partial charge is 0.241 e. The average Bonchev–Trinajstić information content (AvgIpc) is 2.47. The molecule has 0 saturated heterocycles. The van der Waals surface area contributed by atoms with Crippen LogP contribution in [-0.2, 0) is 23.1 Å². The first kappa shape index (κ1) is 16.1. The van der Waals surface area contributed by atoms with Crippen molar-refractivity contribution in [2.75, 3.05) is 0 Å². The van der Waals surface area contributed by atoms with E-state index in [1.165, 1.54) is 12.1 Å². The molecule has 0 aliphatic rings. The Morgan fingerprint density at radius 2 is 1.81 bits per heavy atom. The van der Waals surface area contributed by atoms with Crippen molar-refractivity contribution in [2.45, 2.75) is 18.0 Å². The van der Waals surface area contributed by atoms with Crippen molar-refractivity contribution in [3.8, 4) is 0 Å². The van der Waals surface area contributed by atoms with Crippen molar-refractivity contribution in [2.24, 2.45) is 5.73 Å². The van der Waals surface area contributed by atoms with Crippen LogP contribution in [0.3, 0.4) is 0 Å². The standard InChI is InChI=1S/C14H14BrFN2O2S/c15-12-4-1-10(2-5-12)9-18-21(19,20)14-7-13(16)6-3-11(14)8-17/h1-7,18H,8-9,17H2. The molecule has 2 rings (SSSR count). The van der Waals surface area contributed by atoms with E-state index in [0.29, 0.717) is 5.56 Å². The second-order valence-corrected chi connectivity index (χ2v) is 7.06. The fourth-order valence-corrected chi connectivity index (χ4v) is 3.35. The maximum Gasteiger partial charge on any atom is 0.241 e. The molecule has 0 fully saturated rings. The molecule has 0 aliphatic heterocycles. The van der Waals surface area contributed by atoms with Crippen molar-refractivity contribution in [3.63, 3.8) is 0 Å². The van der Waals surface area contributed by atoms with Crippen LogP contribution < -0.4 is 10.5 Å². The van der Waals surface area contributed by atoms with E-state index in [0.717, 1.165) is 16.1 Å².